The zero-order valence-electron chi connectivity index (χ0n) is 10.8. The van der Waals surface area contributed by atoms with Crippen LogP contribution in [0.1, 0.15) is 30.9 Å². The molecule has 1 saturated heterocycles. The number of fused-ring (bicyclic) bond motifs is 1. The minimum atomic E-state index is 0.297. The Morgan fingerprint density at radius 3 is 2.89 bits per heavy atom. The van der Waals surface area contributed by atoms with Crippen LogP contribution >= 0.6 is 11.6 Å². The Kier molecular flexibility index (Phi) is 3.49. The Morgan fingerprint density at radius 2 is 2.11 bits per heavy atom. The Bertz CT molecular complexity index is 440. The quantitative estimate of drug-likeness (QED) is 0.887. The van der Waals surface area contributed by atoms with Crippen molar-refractivity contribution in [2.75, 3.05) is 13.1 Å². The average Bonchev–Trinajstić information content (AvgIpc) is 2.71. The third kappa shape index (κ3) is 2.50. The van der Waals surface area contributed by atoms with Gasteiger partial charge < -0.3 is 10.1 Å². The second-order valence-electron chi connectivity index (χ2n) is 5.58. The number of rotatable bonds is 2. The zero-order valence-corrected chi connectivity index (χ0v) is 11.6. The normalized spacial score (nSPS) is 23.8. The fourth-order valence-electron chi connectivity index (χ4n) is 3.12. The molecule has 0 spiro atoms. The molecular weight excluding hydrogens is 246 g/mol. The summed E-state index contributed by atoms with van der Waals surface area (Å²) in [5.41, 5.74) is 2.60. The minimum Gasteiger partial charge on any atom is -0.490 e. The van der Waals surface area contributed by atoms with Crippen molar-refractivity contribution in [2.24, 2.45) is 5.92 Å². The topological polar surface area (TPSA) is 21.3 Å². The van der Waals surface area contributed by atoms with Crippen molar-refractivity contribution in [3.63, 3.8) is 0 Å². The van der Waals surface area contributed by atoms with Gasteiger partial charge in [0, 0.05) is 11.4 Å². The first-order valence-corrected chi connectivity index (χ1v) is 7.29. The SMILES string of the molecule is CC1Cc2cc(Cl)cc(CC3CCNCC3)c2O1. The Labute approximate surface area is 114 Å². The summed E-state index contributed by atoms with van der Waals surface area (Å²) in [6.07, 6.45) is 4.92. The van der Waals surface area contributed by atoms with Crippen molar-refractivity contribution < 1.29 is 4.74 Å². The number of hydrogen-bond acceptors (Lipinski definition) is 2. The first-order chi connectivity index (χ1) is 8.72. The molecule has 18 heavy (non-hydrogen) atoms. The Hall–Kier alpha value is -0.730. The van der Waals surface area contributed by atoms with E-state index in [1.165, 1.54) is 24.0 Å². The van der Waals surface area contributed by atoms with Gasteiger partial charge >= 0.3 is 0 Å². The first-order valence-electron chi connectivity index (χ1n) is 6.91. The molecule has 0 radical (unpaired) electrons. The predicted octanol–water partition coefficient (Wildman–Crippen LogP) is 3.21. The van der Waals surface area contributed by atoms with E-state index in [0.717, 1.165) is 42.6 Å². The molecule has 3 heteroatoms. The van der Waals surface area contributed by atoms with Crippen molar-refractivity contribution in [3.8, 4) is 5.75 Å². The molecule has 2 nitrogen and oxygen atoms in total. The summed E-state index contributed by atoms with van der Waals surface area (Å²) in [4.78, 5) is 0. The van der Waals surface area contributed by atoms with E-state index in [1.54, 1.807) is 0 Å². The van der Waals surface area contributed by atoms with Crippen LogP contribution in [0.4, 0.5) is 0 Å². The van der Waals surface area contributed by atoms with Crippen molar-refractivity contribution in [3.05, 3.63) is 28.3 Å². The van der Waals surface area contributed by atoms with Crippen LogP contribution in [0.5, 0.6) is 5.75 Å². The number of ether oxygens (including phenoxy) is 1. The highest BCUT2D eigenvalue weighted by Crippen LogP contribution is 2.37. The van der Waals surface area contributed by atoms with E-state index < -0.39 is 0 Å². The highest BCUT2D eigenvalue weighted by Gasteiger charge is 2.24. The number of hydrogen-bond donors (Lipinski definition) is 1. The van der Waals surface area contributed by atoms with E-state index in [9.17, 15) is 0 Å². The number of nitrogens with one attached hydrogen (secondary N) is 1. The van der Waals surface area contributed by atoms with Crippen molar-refractivity contribution >= 4 is 11.6 Å². The second kappa shape index (κ2) is 5.10. The molecule has 1 unspecified atom stereocenters. The van der Waals surface area contributed by atoms with Gasteiger partial charge in [0.2, 0.25) is 0 Å². The summed E-state index contributed by atoms with van der Waals surface area (Å²) in [5.74, 6) is 1.89. The standard InChI is InChI=1S/C15H20ClNO/c1-10-6-12-8-14(16)9-13(15(12)18-10)7-11-2-4-17-5-3-11/h8-11,17H,2-7H2,1H3. The number of halogens is 1. The summed E-state index contributed by atoms with van der Waals surface area (Å²) >= 11 is 6.23. The maximum atomic E-state index is 6.23. The van der Waals surface area contributed by atoms with Crippen LogP contribution in [0.3, 0.4) is 0 Å². The van der Waals surface area contributed by atoms with Crippen LogP contribution in [0.2, 0.25) is 5.02 Å². The van der Waals surface area contributed by atoms with Crippen LogP contribution in [0, 0.1) is 5.92 Å². The predicted molar refractivity (Wildman–Crippen MR) is 74.5 cm³/mol. The van der Waals surface area contributed by atoms with Gasteiger partial charge in [0.05, 0.1) is 0 Å². The second-order valence-corrected chi connectivity index (χ2v) is 6.02. The van der Waals surface area contributed by atoms with E-state index in [0.29, 0.717) is 6.10 Å². The van der Waals surface area contributed by atoms with Gasteiger partial charge in [-0.1, -0.05) is 11.6 Å². The summed E-state index contributed by atoms with van der Waals surface area (Å²) < 4.78 is 5.96. The molecule has 0 saturated carbocycles. The van der Waals surface area contributed by atoms with Gasteiger partial charge in [-0.25, -0.2) is 0 Å². The summed E-state index contributed by atoms with van der Waals surface area (Å²) in [6.45, 7) is 4.41. The lowest BCUT2D eigenvalue weighted by atomic mass is 9.90. The van der Waals surface area contributed by atoms with Gasteiger partial charge in [-0.15, -0.1) is 0 Å². The molecule has 2 aliphatic rings. The molecule has 2 aliphatic heterocycles. The monoisotopic (exact) mass is 265 g/mol. The number of benzene rings is 1. The van der Waals surface area contributed by atoms with Gasteiger partial charge in [-0.2, -0.15) is 0 Å². The number of piperidine rings is 1. The Morgan fingerprint density at radius 1 is 1.33 bits per heavy atom. The van der Waals surface area contributed by atoms with Crippen molar-refractivity contribution in [1.29, 1.82) is 0 Å². The average molecular weight is 266 g/mol. The molecule has 3 rings (SSSR count). The fourth-order valence-corrected chi connectivity index (χ4v) is 3.38. The molecule has 0 bridgehead atoms. The molecule has 0 aromatic heterocycles. The smallest absolute Gasteiger partial charge is 0.126 e. The van der Waals surface area contributed by atoms with Crippen LogP contribution < -0.4 is 10.1 Å². The maximum absolute atomic E-state index is 6.23. The zero-order chi connectivity index (χ0) is 12.5. The lowest BCUT2D eigenvalue weighted by Gasteiger charge is -2.23. The molecule has 1 aromatic carbocycles. The molecule has 0 aliphatic carbocycles. The van der Waals surface area contributed by atoms with Gasteiger partial charge in [0.15, 0.2) is 0 Å². The Balaban J connectivity index is 1.83. The van der Waals surface area contributed by atoms with Gasteiger partial charge in [0.25, 0.3) is 0 Å². The molecule has 1 atom stereocenters. The van der Waals surface area contributed by atoms with Gasteiger partial charge in [-0.3, -0.25) is 0 Å². The first kappa shape index (κ1) is 12.3. The van der Waals surface area contributed by atoms with E-state index >= 15 is 0 Å². The van der Waals surface area contributed by atoms with E-state index in [-0.39, 0.29) is 0 Å². The van der Waals surface area contributed by atoms with Crippen LogP contribution in [-0.2, 0) is 12.8 Å². The van der Waals surface area contributed by atoms with E-state index in [4.69, 9.17) is 16.3 Å². The largest absolute Gasteiger partial charge is 0.490 e. The van der Waals surface area contributed by atoms with Crippen LogP contribution in [0.25, 0.3) is 0 Å². The minimum absolute atomic E-state index is 0.297. The summed E-state index contributed by atoms with van der Waals surface area (Å²) in [6, 6.07) is 4.16. The lowest BCUT2D eigenvalue weighted by Crippen LogP contribution is -2.28. The van der Waals surface area contributed by atoms with Crippen LogP contribution in [-0.4, -0.2) is 19.2 Å². The third-order valence-electron chi connectivity index (χ3n) is 4.00. The molecule has 2 heterocycles. The van der Waals surface area contributed by atoms with E-state index in [1.807, 2.05) is 0 Å². The molecule has 0 amide bonds. The van der Waals surface area contributed by atoms with Crippen molar-refractivity contribution in [1.82, 2.24) is 5.32 Å². The van der Waals surface area contributed by atoms with Gasteiger partial charge in [-0.05, 0) is 68.5 Å². The molecule has 1 fully saturated rings. The molecule has 1 N–H and O–H groups in total. The highest BCUT2D eigenvalue weighted by molar-refractivity contribution is 6.30. The third-order valence-corrected chi connectivity index (χ3v) is 4.22. The lowest BCUT2D eigenvalue weighted by molar-refractivity contribution is 0.250. The highest BCUT2D eigenvalue weighted by atomic mass is 35.5. The summed E-state index contributed by atoms with van der Waals surface area (Å²) in [7, 11) is 0. The molecule has 98 valence electrons. The van der Waals surface area contributed by atoms with Crippen LogP contribution in [0.15, 0.2) is 12.1 Å². The molecular formula is C15H20ClNO. The molecule has 1 aromatic rings. The van der Waals surface area contributed by atoms with Crippen molar-refractivity contribution in [2.45, 2.75) is 38.7 Å². The fraction of sp³-hybridized carbons (Fsp3) is 0.600. The van der Waals surface area contributed by atoms with Gasteiger partial charge in [0.1, 0.15) is 11.9 Å². The maximum Gasteiger partial charge on any atom is 0.126 e. The van der Waals surface area contributed by atoms with E-state index in [2.05, 4.69) is 24.4 Å². The summed E-state index contributed by atoms with van der Waals surface area (Å²) in [5, 5.41) is 4.27.